The van der Waals surface area contributed by atoms with Crippen LogP contribution in [0.5, 0.6) is 0 Å². The zero-order valence-corrected chi connectivity index (χ0v) is 12.2. The van der Waals surface area contributed by atoms with Crippen LogP contribution in [-0.2, 0) is 10.3 Å². The van der Waals surface area contributed by atoms with Gasteiger partial charge in [-0.1, -0.05) is 81.4 Å². The minimum Gasteiger partial charge on any atom is -0.368 e. The van der Waals surface area contributed by atoms with Crippen molar-refractivity contribution in [2.75, 3.05) is 7.11 Å². The predicted octanol–water partition coefficient (Wildman–Crippen LogP) is 4.62. The molecule has 0 aliphatic rings. The number of hydrogen-bond acceptors (Lipinski definition) is 1. The first-order valence-corrected chi connectivity index (χ1v) is 6.68. The summed E-state index contributed by atoms with van der Waals surface area (Å²) in [5, 5.41) is 0. The predicted molar refractivity (Wildman–Crippen MR) is 80.1 cm³/mol. The summed E-state index contributed by atoms with van der Waals surface area (Å²) in [6.45, 7) is 6.66. The van der Waals surface area contributed by atoms with E-state index in [0.29, 0.717) is 0 Å². The molecule has 0 aliphatic carbocycles. The first-order valence-electron chi connectivity index (χ1n) is 6.68. The summed E-state index contributed by atoms with van der Waals surface area (Å²) in [7, 11) is 1.80. The molecule has 0 fully saturated rings. The number of hydrogen-bond donors (Lipinski definition) is 0. The van der Waals surface area contributed by atoms with Crippen LogP contribution >= 0.6 is 0 Å². The molecule has 0 unspecified atom stereocenters. The molecule has 0 N–H and O–H groups in total. The van der Waals surface area contributed by atoms with E-state index in [1.165, 1.54) is 11.1 Å². The molecule has 2 rings (SSSR count). The van der Waals surface area contributed by atoms with Crippen LogP contribution in [0.2, 0.25) is 0 Å². The second-order valence-corrected chi connectivity index (χ2v) is 5.87. The zero-order chi connectivity index (χ0) is 13.9. The largest absolute Gasteiger partial charge is 0.368 e. The van der Waals surface area contributed by atoms with Gasteiger partial charge in [0.05, 0.1) is 0 Å². The van der Waals surface area contributed by atoms with Gasteiger partial charge in [0.15, 0.2) is 0 Å². The Kier molecular flexibility index (Phi) is 3.77. The van der Waals surface area contributed by atoms with Crippen LogP contribution < -0.4 is 0 Å². The smallest absolute Gasteiger partial charge is 0.122 e. The normalized spacial score (nSPS) is 12.4. The van der Waals surface area contributed by atoms with Crippen LogP contribution in [-0.4, -0.2) is 7.11 Å². The molecule has 0 heterocycles. The standard InChI is InChI=1S/C18H22O/c1-17(2,3)18(19-4,15-11-7-5-8-12-15)16-13-9-6-10-14-16/h5-14H,1-4H3. The fourth-order valence-corrected chi connectivity index (χ4v) is 2.92. The molecule has 0 spiro atoms. The maximum Gasteiger partial charge on any atom is 0.122 e. The van der Waals surface area contributed by atoms with Gasteiger partial charge in [0.1, 0.15) is 5.60 Å². The molecule has 0 atom stereocenters. The SMILES string of the molecule is COC(c1ccccc1)(c1ccccc1)C(C)(C)C. The Morgan fingerprint density at radius 2 is 1.05 bits per heavy atom. The molecule has 0 aliphatic heterocycles. The Bertz CT molecular complexity index is 469. The van der Waals surface area contributed by atoms with E-state index in [9.17, 15) is 0 Å². The van der Waals surface area contributed by atoms with Crippen LogP contribution in [0.15, 0.2) is 60.7 Å². The van der Waals surface area contributed by atoms with Crippen molar-refractivity contribution in [1.29, 1.82) is 0 Å². The molecule has 2 aromatic rings. The summed E-state index contributed by atoms with van der Waals surface area (Å²) >= 11 is 0. The van der Waals surface area contributed by atoms with Crippen molar-refractivity contribution < 1.29 is 4.74 Å². The molecule has 19 heavy (non-hydrogen) atoms. The number of rotatable bonds is 3. The summed E-state index contributed by atoms with van der Waals surface area (Å²) in [6, 6.07) is 20.9. The Balaban J connectivity index is 2.70. The van der Waals surface area contributed by atoms with Gasteiger partial charge in [-0.05, 0) is 16.5 Å². The first kappa shape index (κ1) is 13.8. The van der Waals surface area contributed by atoms with E-state index in [1.54, 1.807) is 7.11 Å². The second kappa shape index (κ2) is 5.18. The quantitative estimate of drug-likeness (QED) is 0.776. The Morgan fingerprint density at radius 1 is 0.684 bits per heavy atom. The van der Waals surface area contributed by atoms with Crippen molar-refractivity contribution in [1.82, 2.24) is 0 Å². The fraction of sp³-hybridized carbons (Fsp3) is 0.333. The van der Waals surface area contributed by atoms with Crippen LogP contribution in [0.1, 0.15) is 31.9 Å². The van der Waals surface area contributed by atoms with E-state index < -0.39 is 5.60 Å². The Hall–Kier alpha value is -1.60. The highest BCUT2D eigenvalue weighted by molar-refractivity contribution is 5.38. The maximum atomic E-state index is 6.07. The highest BCUT2D eigenvalue weighted by atomic mass is 16.5. The fourth-order valence-electron chi connectivity index (χ4n) is 2.92. The van der Waals surface area contributed by atoms with Crippen LogP contribution in [0.3, 0.4) is 0 Å². The topological polar surface area (TPSA) is 9.23 Å². The van der Waals surface area contributed by atoms with Crippen LogP contribution in [0.25, 0.3) is 0 Å². The number of methoxy groups -OCH3 is 1. The van der Waals surface area contributed by atoms with Gasteiger partial charge in [0.2, 0.25) is 0 Å². The third-order valence-corrected chi connectivity index (χ3v) is 3.72. The van der Waals surface area contributed by atoms with Crippen molar-refractivity contribution in [3.8, 4) is 0 Å². The van der Waals surface area contributed by atoms with Gasteiger partial charge in [-0.15, -0.1) is 0 Å². The monoisotopic (exact) mass is 254 g/mol. The molecule has 1 heteroatoms. The first-order chi connectivity index (χ1) is 9.02. The Labute approximate surface area is 116 Å². The maximum absolute atomic E-state index is 6.07. The molecular formula is C18H22O. The van der Waals surface area contributed by atoms with E-state index in [-0.39, 0.29) is 5.41 Å². The summed E-state index contributed by atoms with van der Waals surface area (Å²) in [6.07, 6.45) is 0. The van der Waals surface area contributed by atoms with Crippen molar-refractivity contribution in [2.45, 2.75) is 26.4 Å². The van der Waals surface area contributed by atoms with Crippen LogP contribution in [0, 0.1) is 5.41 Å². The summed E-state index contributed by atoms with van der Waals surface area (Å²) in [4.78, 5) is 0. The van der Waals surface area contributed by atoms with Gasteiger partial charge in [-0.25, -0.2) is 0 Å². The van der Waals surface area contributed by atoms with E-state index in [1.807, 2.05) is 12.1 Å². The lowest BCUT2D eigenvalue weighted by atomic mass is 9.68. The Morgan fingerprint density at radius 3 is 1.32 bits per heavy atom. The summed E-state index contributed by atoms with van der Waals surface area (Å²) in [5.41, 5.74) is 1.90. The molecule has 2 aromatic carbocycles. The lowest BCUT2D eigenvalue weighted by molar-refractivity contribution is -0.0645. The van der Waals surface area contributed by atoms with Crippen LogP contribution in [0.4, 0.5) is 0 Å². The van der Waals surface area contributed by atoms with E-state index in [0.717, 1.165) is 0 Å². The average molecular weight is 254 g/mol. The second-order valence-electron chi connectivity index (χ2n) is 5.87. The number of ether oxygens (including phenoxy) is 1. The van der Waals surface area contributed by atoms with Crippen molar-refractivity contribution in [2.24, 2.45) is 5.41 Å². The zero-order valence-electron chi connectivity index (χ0n) is 12.2. The molecule has 100 valence electrons. The van der Waals surface area contributed by atoms with Crippen molar-refractivity contribution in [3.63, 3.8) is 0 Å². The van der Waals surface area contributed by atoms with Gasteiger partial charge in [-0.3, -0.25) is 0 Å². The van der Waals surface area contributed by atoms with Gasteiger partial charge in [0.25, 0.3) is 0 Å². The minimum atomic E-state index is -0.435. The molecule has 0 radical (unpaired) electrons. The minimum absolute atomic E-state index is 0.0511. The van der Waals surface area contributed by atoms with Crippen molar-refractivity contribution >= 4 is 0 Å². The molecular weight excluding hydrogens is 232 g/mol. The molecule has 0 bridgehead atoms. The molecule has 1 nitrogen and oxygen atoms in total. The third-order valence-electron chi connectivity index (χ3n) is 3.72. The number of benzene rings is 2. The van der Waals surface area contributed by atoms with Gasteiger partial charge in [-0.2, -0.15) is 0 Å². The van der Waals surface area contributed by atoms with Crippen molar-refractivity contribution in [3.05, 3.63) is 71.8 Å². The molecule has 0 saturated carbocycles. The van der Waals surface area contributed by atoms with Gasteiger partial charge >= 0.3 is 0 Å². The summed E-state index contributed by atoms with van der Waals surface area (Å²) in [5.74, 6) is 0. The van der Waals surface area contributed by atoms with E-state index in [2.05, 4.69) is 69.3 Å². The van der Waals surface area contributed by atoms with Gasteiger partial charge < -0.3 is 4.74 Å². The highest BCUT2D eigenvalue weighted by Crippen LogP contribution is 2.47. The molecule has 0 aromatic heterocycles. The average Bonchev–Trinajstić information content (AvgIpc) is 2.41. The highest BCUT2D eigenvalue weighted by Gasteiger charge is 2.45. The molecule has 0 amide bonds. The lowest BCUT2D eigenvalue weighted by Gasteiger charge is -2.44. The third kappa shape index (κ3) is 2.31. The van der Waals surface area contributed by atoms with E-state index in [4.69, 9.17) is 4.74 Å². The summed E-state index contributed by atoms with van der Waals surface area (Å²) < 4.78 is 6.07. The lowest BCUT2D eigenvalue weighted by Crippen LogP contribution is -2.43. The van der Waals surface area contributed by atoms with Gasteiger partial charge in [0, 0.05) is 7.11 Å². The van der Waals surface area contributed by atoms with E-state index >= 15 is 0 Å². The molecule has 0 saturated heterocycles.